The van der Waals surface area contributed by atoms with Crippen molar-refractivity contribution in [3.8, 4) is 5.75 Å². The number of aliphatic hydroxyl groups excluding tert-OH is 1. The molecule has 0 aliphatic heterocycles. The molecule has 0 aliphatic rings. The van der Waals surface area contributed by atoms with Crippen molar-refractivity contribution in [2.45, 2.75) is 39.3 Å². The Morgan fingerprint density at radius 2 is 2.10 bits per heavy atom. The van der Waals surface area contributed by atoms with Crippen LogP contribution in [-0.4, -0.2) is 34.9 Å². The average molecular weight is 277 g/mol. The van der Waals surface area contributed by atoms with Gasteiger partial charge in [0.05, 0.1) is 5.54 Å². The first-order valence-electron chi connectivity index (χ1n) is 7.09. The third-order valence-electron chi connectivity index (χ3n) is 3.30. The number of rotatable bonds is 5. The van der Waals surface area contributed by atoms with Gasteiger partial charge in [-0.15, -0.1) is 0 Å². The van der Waals surface area contributed by atoms with Crippen LogP contribution in [0, 0.1) is 6.92 Å². The zero-order valence-corrected chi connectivity index (χ0v) is 12.7. The summed E-state index contributed by atoms with van der Waals surface area (Å²) < 4.78 is 5.80. The van der Waals surface area contributed by atoms with Crippen LogP contribution in [0.3, 0.4) is 0 Å². The van der Waals surface area contributed by atoms with E-state index in [1.165, 1.54) is 0 Å². The molecule has 0 saturated heterocycles. The lowest BCUT2D eigenvalue weighted by Gasteiger charge is -2.19. The number of hydrogen-bond acceptors (Lipinski definition) is 2. The highest BCUT2D eigenvalue weighted by molar-refractivity contribution is 5.89. The van der Waals surface area contributed by atoms with Gasteiger partial charge in [-0.05, 0) is 45.4 Å². The normalized spacial score (nSPS) is 13.7. The Bertz CT molecular complexity index is 569. The van der Waals surface area contributed by atoms with E-state index in [-0.39, 0.29) is 5.54 Å². The SMILES string of the molecule is Cc1c[nH]c2cccc(OCC(O)C[NH2+]C(C)(C)C)c12. The van der Waals surface area contributed by atoms with E-state index in [0.717, 1.165) is 22.2 Å². The molecule has 1 aromatic carbocycles. The van der Waals surface area contributed by atoms with Gasteiger partial charge in [0.25, 0.3) is 0 Å². The van der Waals surface area contributed by atoms with E-state index in [4.69, 9.17) is 4.74 Å². The minimum Gasteiger partial charge on any atom is -0.490 e. The summed E-state index contributed by atoms with van der Waals surface area (Å²) in [6.07, 6.45) is 1.50. The van der Waals surface area contributed by atoms with Crippen LogP contribution in [0.2, 0.25) is 0 Å². The molecule has 2 rings (SSSR count). The Morgan fingerprint density at radius 3 is 2.80 bits per heavy atom. The van der Waals surface area contributed by atoms with Gasteiger partial charge in [-0.1, -0.05) is 6.07 Å². The number of aliphatic hydroxyl groups is 1. The van der Waals surface area contributed by atoms with Crippen LogP contribution < -0.4 is 10.1 Å². The van der Waals surface area contributed by atoms with Crippen LogP contribution in [0.1, 0.15) is 26.3 Å². The van der Waals surface area contributed by atoms with Gasteiger partial charge in [0.15, 0.2) is 0 Å². The van der Waals surface area contributed by atoms with Gasteiger partial charge in [-0.25, -0.2) is 0 Å². The highest BCUT2D eigenvalue weighted by Crippen LogP contribution is 2.28. The van der Waals surface area contributed by atoms with Gasteiger partial charge >= 0.3 is 0 Å². The highest BCUT2D eigenvalue weighted by Gasteiger charge is 2.17. The van der Waals surface area contributed by atoms with Gasteiger partial charge in [0.2, 0.25) is 0 Å². The molecule has 4 nitrogen and oxygen atoms in total. The number of nitrogens with two attached hydrogens (primary N) is 1. The number of H-pyrrole nitrogens is 1. The van der Waals surface area contributed by atoms with Crippen molar-refractivity contribution in [2.75, 3.05) is 13.2 Å². The zero-order valence-electron chi connectivity index (χ0n) is 12.7. The van der Waals surface area contributed by atoms with E-state index < -0.39 is 6.10 Å². The molecule has 0 amide bonds. The van der Waals surface area contributed by atoms with Crippen LogP contribution in [0.25, 0.3) is 10.9 Å². The molecule has 0 bridgehead atoms. The summed E-state index contributed by atoms with van der Waals surface area (Å²) >= 11 is 0. The second-order valence-electron chi connectivity index (χ2n) is 6.42. The standard InChI is InChI=1S/C16H24N2O2/c1-11-8-17-13-6-5-7-14(15(11)13)20-10-12(19)9-18-16(2,3)4/h5-8,12,17-19H,9-10H2,1-4H3/p+1. The van der Waals surface area contributed by atoms with Crippen molar-refractivity contribution >= 4 is 10.9 Å². The largest absolute Gasteiger partial charge is 0.490 e. The molecule has 1 atom stereocenters. The van der Waals surface area contributed by atoms with Gasteiger partial charge in [0.1, 0.15) is 25.0 Å². The van der Waals surface area contributed by atoms with Crippen LogP contribution in [-0.2, 0) is 0 Å². The lowest BCUT2D eigenvalue weighted by molar-refractivity contribution is -0.722. The van der Waals surface area contributed by atoms with Crippen LogP contribution in [0.4, 0.5) is 0 Å². The quantitative estimate of drug-likeness (QED) is 0.777. The molecular formula is C16H25N2O2+. The van der Waals surface area contributed by atoms with Gasteiger partial charge in [-0.2, -0.15) is 0 Å². The Morgan fingerprint density at radius 1 is 1.35 bits per heavy atom. The molecular weight excluding hydrogens is 252 g/mol. The van der Waals surface area contributed by atoms with Gasteiger partial charge in [-0.3, -0.25) is 0 Å². The number of aromatic amines is 1. The first kappa shape index (κ1) is 14.9. The number of ether oxygens (including phenoxy) is 1. The lowest BCUT2D eigenvalue weighted by Crippen LogP contribution is -2.96. The average Bonchev–Trinajstić information content (AvgIpc) is 2.76. The third-order valence-corrected chi connectivity index (χ3v) is 3.30. The molecule has 0 spiro atoms. The Balaban J connectivity index is 1.97. The maximum Gasteiger partial charge on any atom is 0.137 e. The summed E-state index contributed by atoms with van der Waals surface area (Å²) in [7, 11) is 0. The van der Waals surface area contributed by atoms with E-state index >= 15 is 0 Å². The van der Waals surface area contributed by atoms with Crippen molar-refractivity contribution in [1.82, 2.24) is 4.98 Å². The first-order chi connectivity index (χ1) is 9.37. The molecule has 4 heteroatoms. The number of fused-ring (bicyclic) bond motifs is 1. The fourth-order valence-electron chi connectivity index (χ4n) is 2.18. The maximum atomic E-state index is 10.0. The van der Waals surface area contributed by atoms with E-state index in [0.29, 0.717) is 13.2 Å². The van der Waals surface area contributed by atoms with Crippen molar-refractivity contribution in [2.24, 2.45) is 0 Å². The Kier molecular flexibility index (Phi) is 4.35. The highest BCUT2D eigenvalue weighted by atomic mass is 16.5. The van der Waals surface area contributed by atoms with E-state index in [1.54, 1.807) is 0 Å². The molecule has 1 heterocycles. The summed E-state index contributed by atoms with van der Waals surface area (Å²) in [5.74, 6) is 0.830. The van der Waals surface area contributed by atoms with Crippen LogP contribution in [0.15, 0.2) is 24.4 Å². The Labute approximate surface area is 120 Å². The fourth-order valence-corrected chi connectivity index (χ4v) is 2.18. The molecule has 0 saturated carbocycles. The molecule has 2 aromatic rings. The topological polar surface area (TPSA) is 61.9 Å². The Hall–Kier alpha value is -1.52. The number of nitrogens with one attached hydrogen (secondary N) is 1. The predicted octanol–water partition coefficient (Wildman–Crippen LogP) is 1.58. The summed E-state index contributed by atoms with van der Waals surface area (Å²) in [4.78, 5) is 3.21. The number of benzene rings is 1. The maximum absolute atomic E-state index is 10.0. The number of quaternary nitrogens is 1. The summed E-state index contributed by atoms with van der Waals surface area (Å²) in [6, 6.07) is 5.93. The minimum atomic E-state index is -0.469. The molecule has 1 unspecified atom stereocenters. The predicted molar refractivity (Wildman–Crippen MR) is 81.1 cm³/mol. The van der Waals surface area contributed by atoms with Crippen LogP contribution in [0.5, 0.6) is 5.75 Å². The fraction of sp³-hybridized carbons (Fsp3) is 0.500. The summed E-state index contributed by atoms with van der Waals surface area (Å²) in [6.45, 7) is 9.40. The van der Waals surface area contributed by atoms with E-state index in [2.05, 4.69) is 38.0 Å². The summed E-state index contributed by atoms with van der Waals surface area (Å²) in [5.41, 5.74) is 2.35. The third kappa shape index (κ3) is 3.74. The van der Waals surface area contributed by atoms with Crippen molar-refractivity contribution in [1.29, 1.82) is 0 Å². The molecule has 0 fully saturated rings. The van der Waals surface area contributed by atoms with E-state index in [9.17, 15) is 5.11 Å². The number of aryl methyl sites for hydroxylation is 1. The lowest BCUT2D eigenvalue weighted by atomic mass is 10.1. The smallest absolute Gasteiger partial charge is 0.137 e. The molecule has 4 N–H and O–H groups in total. The number of hydrogen-bond donors (Lipinski definition) is 3. The minimum absolute atomic E-state index is 0.123. The van der Waals surface area contributed by atoms with Gasteiger partial charge < -0.3 is 20.1 Å². The molecule has 1 aromatic heterocycles. The first-order valence-corrected chi connectivity index (χ1v) is 7.09. The summed E-state index contributed by atoms with van der Waals surface area (Å²) in [5, 5.41) is 13.2. The second kappa shape index (κ2) is 5.85. The molecule has 110 valence electrons. The number of aromatic nitrogens is 1. The monoisotopic (exact) mass is 277 g/mol. The van der Waals surface area contributed by atoms with Crippen molar-refractivity contribution in [3.05, 3.63) is 30.0 Å². The van der Waals surface area contributed by atoms with E-state index in [1.807, 2.05) is 24.4 Å². The zero-order chi connectivity index (χ0) is 14.8. The molecule has 0 aliphatic carbocycles. The van der Waals surface area contributed by atoms with Crippen LogP contribution >= 0.6 is 0 Å². The van der Waals surface area contributed by atoms with Gasteiger partial charge in [0, 0.05) is 17.1 Å². The molecule has 0 radical (unpaired) electrons. The molecule has 20 heavy (non-hydrogen) atoms. The second-order valence-corrected chi connectivity index (χ2v) is 6.42. The van der Waals surface area contributed by atoms with Crippen molar-refractivity contribution in [3.63, 3.8) is 0 Å². The van der Waals surface area contributed by atoms with Crippen molar-refractivity contribution < 1.29 is 15.2 Å².